The van der Waals surface area contributed by atoms with Crippen LogP contribution in [0.2, 0.25) is 0 Å². The first kappa shape index (κ1) is 25.7. The van der Waals surface area contributed by atoms with E-state index in [1.165, 1.54) is 57.8 Å². The lowest BCUT2D eigenvalue weighted by atomic mass is 9.96. The van der Waals surface area contributed by atoms with Gasteiger partial charge in [-0.05, 0) is 40.0 Å². The highest BCUT2D eigenvalue weighted by Crippen LogP contribution is 2.18. The van der Waals surface area contributed by atoms with Crippen LogP contribution in [0.4, 0.5) is 0 Å². The normalized spacial score (nSPS) is 12.4. The van der Waals surface area contributed by atoms with Crippen LogP contribution in [0.15, 0.2) is 12.2 Å². The number of amides is 1. The van der Waals surface area contributed by atoms with Gasteiger partial charge >= 0.3 is 5.97 Å². The van der Waals surface area contributed by atoms with Crippen LogP contribution in [0.1, 0.15) is 104 Å². The van der Waals surface area contributed by atoms with Gasteiger partial charge in [0.1, 0.15) is 0 Å². The predicted octanol–water partition coefficient (Wildman–Crippen LogP) is 6.20. The zero-order valence-corrected chi connectivity index (χ0v) is 18.0. The minimum Gasteiger partial charge on any atom is -0.481 e. The van der Waals surface area contributed by atoms with Crippen LogP contribution in [0.3, 0.4) is 0 Å². The van der Waals surface area contributed by atoms with E-state index in [1.807, 2.05) is 13.8 Å². The van der Waals surface area contributed by atoms with E-state index in [-0.39, 0.29) is 12.3 Å². The third-order valence-corrected chi connectivity index (χ3v) is 5.30. The van der Waals surface area contributed by atoms with Crippen molar-refractivity contribution in [3.05, 3.63) is 12.2 Å². The molecule has 1 amide bonds. The Hall–Kier alpha value is -1.32. The molecule has 0 aliphatic heterocycles. The monoisotopic (exact) mass is 381 g/mol. The molecule has 1 N–H and O–H groups in total. The zero-order chi connectivity index (χ0) is 20.3. The summed E-state index contributed by atoms with van der Waals surface area (Å²) in [5.74, 6) is -1.39. The van der Waals surface area contributed by atoms with E-state index in [0.717, 1.165) is 12.8 Å². The molecule has 0 aliphatic carbocycles. The SMILES string of the molecule is C/C=C/CCCCCCCCCCCCC(CC(=O)N(CC)CC)C(=O)O. The van der Waals surface area contributed by atoms with Gasteiger partial charge in [0.2, 0.25) is 5.91 Å². The van der Waals surface area contributed by atoms with Gasteiger partial charge in [0, 0.05) is 19.5 Å². The minimum absolute atomic E-state index is 0.0295. The number of hydrogen-bond donors (Lipinski definition) is 1. The van der Waals surface area contributed by atoms with Gasteiger partial charge in [-0.2, -0.15) is 0 Å². The van der Waals surface area contributed by atoms with Gasteiger partial charge in [-0.3, -0.25) is 9.59 Å². The molecule has 0 saturated heterocycles. The molecule has 0 aromatic heterocycles. The fourth-order valence-corrected chi connectivity index (χ4v) is 3.46. The first-order valence-corrected chi connectivity index (χ1v) is 11.2. The predicted molar refractivity (Wildman–Crippen MR) is 114 cm³/mol. The quantitative estimate of drug-likeness (QED) is 0.227. The summed E-state index contributed by atoms with van der Waals surface area (Å²) >= 11 is 0. The van der Waals surface area contributed by atoms with Crippen LogP contribution >= 0.6 is 0 Å². The van der Waals surface area contributed by atoms with E-state index in [2.05, 4.69) is 19.1 Å². The number of unbranched alkanes of at least 4 members (excludes halogenated alkanes) is 10. The molecule has 0 fully saturated rings. The lowest BCUT2D eigenvalue weighted by molar-refractivity contribution is -0.146. The second-order valence-corrected chi connectivity index (χ2v) is 7.49. The van der Waals surface area contributed by atoms with Crippen molar-refractivity contribution in [1.82, 2.24) is 4.90 Å². The van der Waals surface area contributed by atoms with Gasteiger partial charge < -0.3 is 10.0 Å². The molecule has 1 atom stereocenters. The average molecular weight is 382 g/mol. The Bertz CT molecular complexity index is 402. The number of aliphatic carboxylic acids is 1. The number of carboxylic acid groups (broad SMARTS) is 1. The highest BCUT2D eigenvalue weighted by molar-refractivity contribution is 5.82. The summed E-state index contributed by atoms with van der Waals surface area (Å²) in [6.07, 6.45) is 18.7. The number of carbonyl (C=O) groups is 2. The molecule has 0 aromatic rings. The van der Waals surface area contributed by atoms with Crippen LogP contribution in [0.25, 0.3) is 0 Å². The van der Waals surface area contributed by atoms with Gasteiger partial charge in [-0.15, -0.1) is 0 Å². The van der Waals surface area contributed by atoms with E-state index in [4.69, 9.17) is 0 Å². The van der Waals surface area contributed by atoms with E-state index in [1.54, 1.807) is 4.90 Å². The molecule has 27 heavy (non-hydrogen) atoms. The molecule has 0 radical (unpaired) electrons. The van der Waals surface area contributed by atoms with E-state index >= 15 is 0 Å². The van der Waals surface area contributed by atoms with Crippen molar-refractivity contribution < 1.29 is 14.7 Å². The fraction of sp³-hybridized carbons (Fsp3) is 0.826. The Kier molecular flexibility index (Phi) is 17.2. The van der Waals surface area contributed by atoms with Gasteiger partial charge in [0.15, 0.2) is 0 Å². The molecular formula is C23H43NO3. The van der Waals surface area contributed by atoms with Gasteiger partial charge in [-0.25, -0.2) is 0 Å². The highest BCUT2D eigenvalue weighted by atomic mass is 16.4. The minimum atomic E-state index is -0.829. The van der Waals surface area contributed by atoms with Crippen LogP contribution < -0.4 is 0 Å². The zero-order valence-electron chi connectivity index (χ0n) is 18.0. The molecule has 0 rings (SSSR count). The maximum atomic E-state index is 12.1. The number of carboxylic acids is 1. The topological polar surface area (TPSA) is 57.6 Å². The first-order valence-electron chi connectivity index (χ1n) is 11.2. The second kappa shape index (κ2) is 18.1. The largest absolute Gasteiger partial charge is 0.481 e. The van der Waals surface area contributed by atoms with E-state index in [9.17, 15) is 14.7 Å². The van der Waals surface area contributed by atoms with Gasteiger partial charge in [-0.1, -0.05) is 69.9 Å². The number of carbonyl (C=O) groups excluding carboxylic acids is 1. The number of hydrogen-bond acceptors (Lipinski definition) is 2. The van der Waals surface area contributed by atoms with Crippen molar-refractivity contribution in [2.24, 2.45) is 5.92 Å². The number of nitrogens with zero attached hydrogens (tertiary/aromatic N) is 1. The summed E-state index contributed by atoms with van der Waals surface area (Å²) in [7, 11) is 0. The molecule has 4 nitrogen and oxygen atoms in total. The molecule has 158 valence electrons. The number of allylic oxidation sites excluding steroid dienone is 2. The van der Waals surface area contributed by atoms with Gasteiger partial charge in [0.05, 0.1) is 5.92 Å². The molecule has 1 unspecified atom stereocenters. The molecule has 4 heteroatoms. The summed E-state index contributed by atoms with van der Waals surface area (Å²) in [6, 6.07) is 0. The lowest BCUT2D eigenvalue weighted by Gasteiger charge is -2.21. The van der Waals surface area contributed by atoms with E-state index < -0.39 is 11.9 Å². The maximum absolute atomic E-state index is 12.1. The molecule has 0 spiro atoms. The Morgan fingerprint density at radius 2 is 1.33 bits per heavy atom. The van der Waals surface area contributed by atoms with Crippen molar-refractivity contribution in [2.45, 2.75) is 104 Å². The third kappa shape index (κ3) is 14.4. The third-order valence-electron chi connectivity index (χ3n) is 5.30. The Morgan fingerprint density at radius 1 is 0.852 bits per heavy atom. The smallest absolute Gasteiger partial charge is 0.307 e. The summed E-state index contributed by atoms with van der Waals surface area (Å²) in [6.45, 7) is 7.24. The highest BCUT2D eigenvalue weighted by Gasteiger charge is 2.22. The molecular weight excluding hydrogens is 338 g/mol. The molecule has 0 heterocycles. The summed E-state index contributed by atoms with van der Waals surface area (Å²) in [5, 5.41) is 9.37. The van der Waals surface area contributed by atoms with Crippen molar-refractivity contribution >= 4 is 11.9 Å². The van der Waals surface area contributed by atoms with Crippen molar-refractivity contribution in [1.29, 1.82) is 0 Å². The number of rotatable bonds is 18. The molecule has 0 saturated carbocycles. The first-order chi connectivity index (χ1) is 13.1. The Labute approximate surface area is 167 Å². The second-order valence-electron chi connectivity index (χ2n) is 7.49. The van der Waals surface area contributed by atoms with Crippen LogP contribution in [-0.2, 0) is 9.59 Å². The standard InChI is InChI=1S/C23H43NO3/c1-4-7-8-9-10-11-12-13-14-15-16-17-18-19-21(23(26)27)20-22(25)24(5-2)6-3/h4,7,21H,5-6,8-20H2,1-3H3,(H,26,27)/b7-4+. The summed E-state index contributed by atoms with van der Waals surface area (Å²) in [5.41, 5.74) is 0. The summed E-state index contributed by atoms with van der Waals surface area (Å²) in [4.78, 5) is 25.2. The lowest BCUT2D eigenvalue weighted by Crippen LogP contribution is -2.33. The van der Waals surface area contributed by atoms with Crippen LogP contribution in [-0.4, -0.2) is 35.0 Å². The Morgan fingerprint density at radius 3 is 1.78 bits per heavy atom. The van der Waals surface area contributed by atoms with Gasteiger partial charge in [0.25, 0.3) is 0 Å². The van der Waals surface area contributed by atoms with Crippen molar-refractivity contribution in [3.63, 3.8) is 0 Å². The van der Waals surface area contributed by atoms with Crippen molar-refractivity contribution in [3.8, 4) is 0 Å². The van der Waals surface area contributed by atoms with Crippen LogP contribution in [0.5, 0.6) is 0 Å². The van der Waals surface area contributed by atoms with Crippen LogP contribution in [0, 0.1) is 5.92 Å². The Balaban J connectivity index is 3.67. The van der Waals surface area contributed by atoms with E-state index in [0.29, 0.717) is 19.5 Å². The molecule has 0 aliphatic rings. The maximum Gasteiger partial charge on any atom is 0.307 e. The summed E-state index contributed by atoms with van der Waals surface area (Å²) < 4.78 is 0. The molecule has 0 bridgehead atoms. The van der Waals surface area contributed by atoms with Crippen molar-refractivity contribution in [2.75, 3.05) is 13.1 Å². The average Bonchev–Trinajstić information content (AvgIpc) is 2.65. The fourth-order valence-electron chi connectivity index (χ4n) is 3.46. The molecule has 0 aromatic carbocycles.